The Hall–Kier alpha value is -2.23. The van der Waals surface area contributed by atoms with Crippen LogP contribution >= 0.6 is 0 Å². The summed E-state index contributed by atoms with van der Waals surface area (Å²) in [5.74, 6) is -1.39. The van der Waals surface area contributed by atoms with Gasteiger partial charge in [0.2, 0.25) is 0 Å². The normalized spacial score (nSPS) is 25.5. The highest BCUT2D eigenvalue weighted by Crippen LogP contribution is 2.50. The van der Waals surface area contributed by atoms with Crippen molar-refractivity contribution in [3.05, 3.63) is 77.1 Å². The molecule has 0 bridgehead atoms. The predicted molar refractivity (Wildman–Crippen MR) is 79.1 cm³/mol. The third-order valence-corrected chi connectivity index (χ3v) is 4.59. The Bertz CT molecular complexity index is 769. The summed E-state index contributed by atoms with van der Waals surface area (Å²) in [6.07, 6.45) is 4.83. The van der Waals surface area contributed by atoms with E-state index in [9.17, 15) is 13.2 Å². The fourth-order valence-electron chi connectivity index (χ4n) is 3.65. The SMILES string of the molecule is Fc1cccc([C@@H]2Nc3c(F)cc(F)cc3[C@@H]3C=CC[C@H]32)c1. The lowest BCUT2D eigenvalue weighted by molar-refractivity contribution is 0.417. The minimum Gasteiger partial charge on any atom is -0.375 e. The maximum atomic E-state index is 14.2. The summed E-state index contributed by atoms with van der Waals surface area (Å²) in [7, 11) is 0. The molecule has 0 amide bonds. The van der Waals surface area contributed by atoms with Crippen LogP contribution in [0.2, 0.25) is 0 Å². The Morgan fingerprint density at radius 2 is 1.86 bits per heavy atom. The van der Waals surface area contributed by atoms with Gasteiger partial charge >= 0.3 is 0 Å². The molecule has 1 N–H and O–H groups in total. The molecule has 0 fully saturated rings. The van der Waals surface area contributed by atoms with Gasteiger partial charge in [0.25, 0.3) is 0 Å². The van der Waals surface area contributed by atoms with Gasteiger partial charge < -0.3 is 5.32 Å². The van der Waals surface area contributed by atoms with Crippen molar-refractivity contribution in [2.45, 2.75) is 18.4 Å². The van der Waals surface area contributed by atoms with Gasteiger partial charge in [-0.1, -0.05) is 24.3 Å². The van der Waals surface area contributed by atoms with Gasteiger partial charge in [0, 0.05) is 12.0 Å². The summed E-state index contributed by atoms with van der Waals surface area (Å²) in [5.41, 5.74) is 1.75. The Morgan fingerprint density at radius 1 is 1.00 bits per heavy atom. The van der Waals surface area contributed by atoms with E-state index in [1.54, 1.807) is 6.07 Å². The van der Waals surface area contributed by atoms with Crippen LogP contribution in [0.5, 0.6) is 0 Å². The largest absolute Gasteiger partial charge is 0.375 e. The van der Waals surface area contributed by atoms with E-state index in [1.165, 1.54) is 18.2 Å². The zero-order chi connectivity index (χ0) is 15.3. The minimum absolute atomic E-state index is 0.0466. The molecule has 3 atom stereocenters. The van der Waals surface area contributed by atoms with Gasteiger partial charge in [0.1, 0.15) is 17.5 Å². The molecule has 0 unspecified atom stereocenters. The standard InChI is InChI=1S/C18H14F3N/c19-11-4-1-3-10(7-11)17-14-6-2-5-13(14)15-8-12(20)9-16(21)18(15)22-17/h1-5,7-9,13-14,17,22H,6H2/t13-,14-,17+/m1/s1. The average molecular weight is 301 g/mol. The van der Waals surface area contributed by atoms with Crippen LogP contribution in [-0.4, -0.2) is 0 Å². The first-order chi connectivity index (χ1) is 10.6. The van der Waals surface area contributed by atoms with Crippen LogP contribution in [0.15, 0.2) is 48.6 Å². The second-order valence-corrected chi connectivity index (χ2v) is 5.88. The van der Waals surface area contributed by atoms with E-state index in [2.05, 4.69) is 5.32 Å². The van der Waals surface area contributed by atoms with E-state index in [4.69, 9.17) is 0 Å². The van der Waals surface area contributed by atoms with E-state index in [0.29, 0.717) is 11.3 Å². The summed E-state index contributed by atoms with van der Waals surface area (Å²) in [4.78, 5) is 0. The number of benzene rings is 2. The lowest BCUT2D eigenvalue weighted by atomic mass is 9.77. The van der Waals surface area contributed by atoms with Crippen molar-refractivity contribution in [2.75, 3.05) is 5.32 Å². The monoisotopic (exact) mass is 301 g/mol. The number of halogens is 3. The number of nitrogens with one attached hydrogen (secondary N) is 1. The van der Waals surface area contributed by atoms with Crippen molar-refractivity contribution in [2.24, 2.45) is 5.92 Å². The predicted octanol–water partition coefficient (Wildman–Crippen LogP) is 4.93. The van der Waals surface area contributed by atoms with Gasteiger partial charge in [0.05, 0.1) is 11.7 Å². The first-order valence-electron chi connectivity index (χ1n) is 7.31. The molecule has 0 saturated heterocycles. The van der Waals surface area contributed by atoms with Crippen LogP contribution in [0.1, 0.15) is 29.5 Å². The van der Waals surface area contributed by atoms with Crippen LogP contribution in [0.25, 0.3) is 0 Å². The minimum atomic E-state index is -0.602. The molecule has 0 aromatic heterocycles. The zero-order valence-corrected chi connectivity index (χ0v) is 11.7. The van der Waals surface area contributed by atoms with E-state index in [0.717, 1.165) is 18.1 Å². The molecule has 1 aliphatic carbocycles. The molecule has 4 heteroatoms. The highest BCUT2D eigenvalue weighted by atomic mass is 19.1. The third-order valence-electron chi connectivity index (χ3n) is 4.59. The molecule has 2 aromatic carbocycles. The van der Waals surface area contributed by atoms with Crippen molar-refractivity contribution < 1.29 is 13.2 Å². The van der Waals surface area contributed by atoms with Gasteiger partial charge in [-0.05, 0) is 41.7 Å². The van der Waals surface area contributed by atoms with E-state index in [-0.39, 0.29) is 23.7 Å². The molecule has 22 heavy (non-hydrogen) atoms. The Morgan fingerprint density at radius 3 is 2.68 bits per heavy atom. The van der Waals surface area contributed by atoms with Crippen LogP contribution in [0.4, 0.5) is 18.9 Å². The smallest absolute Gasteiger partial charge is 0.149 e. The van der Waals surface area contributed by atoms with Gasteiger partial charge in [0.15, 0.2) is 0 Å². The second kappa shape index (κ2) is 4.90. The van der Waals surface area contributed by atoms with Gasteiger partial charge in [-0.2, -0.15) is 0 Å². The van der Waals surface area contributed by atoms with Crippen LogP contribution in [-0.2, 0) is 0 Å². The molecule has 2 aromatic rings. The fourth-order valence-corrected chi connectivity index (χ4v) is 3.65. The summed E-state index contributed by atoms with van der Waals surface area (Å²) in [6.45, 7) is 0. The van der Waals surface area contributed by atoms with E-state index < -0.39 is 11.6 Å². The fraction of sp³-hybridized carbons (Fsp3) is 0.222. The van der Waals surface area contributed by atoms with E-state index in [1.807, 2.05) is 18.2 Å². The number of hydrogen-bond donors (Lipinski definition) is 1. The molecule has 1 aliphatic heterocycles. The highest BCUT2D eigenvalue weighted by molar-refractivity contribution is 5.60. The molecular weight excluding hydrogens is 287 g/mol. The first kappa shape index (κ1) is 13.4. The number of fused-ring (bicyclic) bond motifs is 3. The van der Waals surface area contributed by atoms with Crippen LogP contribution in [0, 0.1) is 23.4 Å². The molecular formula is C18H14F3N. The van der Waals surface area contributed by atoms with Gasteiger partial charge in [-0.15, -0.1) is 0 Å². The molecule has 1 nitrogen and oxygen atoms in total. The molecule has 4 rings (SSSR count). The van der Waals surface area contributed by atoms with Crippen molar-refractivity contribution in [3.63, 3.8) is 0 Å². The van der Waals surface area contributed by atoms with Crippen LogP contribution in [0.3, 0.4) is 0 Å². The summed E-state index contributed by atoms with van der Waals surface area (Å²) in [5, 5.41) is 3.16. The van der Waals surface area contributed by atoms with Gasteiger partial charge in [-0.25, -0.2) is 13.2 Å². The number of rotatable bonds is 1. The lowest BCUT2D eigenvalue weighted by Gasteiger charge is -2.37. The third kappa shape index (κ3) is 2.02. The summed E-state index contributed by atoms with van der Waals surface area (Å²) in [6, 6.07) is 8.43. The number of hydrogen-bond acceptors (Lipinski definition) is 1. The number of anilines is 1. The maximum Gasteiger partial charge on any atom is 0.149 e. The van der Waals surface area contributed by atoms with Gasteiger partial charge in [-0.3, -0.25) is 0 Å². The molecule has 0 radical (unpaired) electrons. The number of allylic oxidation sites excluding steroid dienone is 2. The molecule has 2 aliphatic rings. The van der Waals surface area contributed by atoms with Crippen molar-refractivity contribution in [1.29, 1.82) is 0 Å². The summed E-state index contributed by atoms with van der Waals surface area (Å²) < 4.78 is 41.2. The quantitative estimate of drug-likeness (QED) is 0.736. The Kier molecular flexibility index (Phi) is 2.99. The zero-order valence-electron chi connectivity index (χ0n) is 11.7. The highest BCUT2D eigenvalue weighted by Gasteiger charge is 2.39. The second-order valence-electron chi connectivity index (χ2n) is 5.88. The molecule has 0 saturated carbocycles. The van der Waals surface area contributed by atoms with Crippen molar-refractivity contribution in [3.8, 4) is 0 Å². The lowest BCUT2D eigenvalue weighted by Crippen LogP contribution is -2.30. The van der Waals surface area contributed by atoms with Crippen molar-refractivity contribution >= 4 is 5.69 Å². The van der Waals surface area contributed by atoms with Crippen LogP contribution < -0.4 is 5.32 Å². The maximum absolute atomic E-state index is 14.2. The Balaban J connectivity index is 1.84. The topological polar surface area (TPSA) is 12.0 Å². The van der Waals surface area contributed by atoms with E-state index >= 15 is 0 Å². The molecule has 1 heterocycles. The van der Waals surface area contributed by atoms with Crippen molar-refractivity contribution in [1.82, 2.24) is 0 Å². The Labute approximate surface area is 126 Å². The average Bonchev–Trinajstić information content (AvgIpc) is 2.96. The first-order valence-corrected chi connectivity index (χ1v) is 7.31. The molecule has 0 spiro atoms. The summed E-state index contributed by atoms with van der Waals surface area (Å²) >= 11 is 0. The molecule has 112 valence electrons.